The fourth-order valence-corrected chi connectivity index (χ4v) is 4.95. The van der Waals surface area contributed by atoms with Gasteiger partial charge in [0, 0.05) is 11.8 Å². The van der Waals surface area contributed by atoms with Crippen LogP contribution in [0.2, 0.25) is 25.1 Å². The summed E-state index contributed by atoms with van der Waals surface area (Å²) < 4.78 is 25.8. The van der Waals surface area contributed by atoms with E-state index in [1.54, 1.807) is 18.2 Å². The SMILES string of the molecule is O=S(=O)(c1c(Cl)c(Cl)c(Cl)c(Cl)c1Cl)N(Cl)c1ccccc1. The second kappa shape index (κ2) is 6.81. The van der Waals surface area contributed by atoms with Crippen LogP contribution in [0.5, 0.6) is 0 Å². The molecule has 0 saturated carbocycles. The van der Waals surface area contributed by atoms with Crippen molar-refractivity contribution in [3.63, 3.8) is 0 Å². The number of halogens is 6. The highest BCUT2D eigenvalue weighted by atomic mass is 35.5. The van der Waals surface area contributed by atoms with Gasteiger partial charge < -0.3 is 0 Å². The van der Waals surface area contributed by atoms with Crippen molar-refractivity contribution in [3.05, 3.63) is 55.4 Å². The van der Waals surface area contributed by atoms with Crippen LogP contribution in [0.15, 0.2) is 35.2 Å². The molecule has 0 unspecified atom stereocenters. The molecule has 0 saturated heterocycles. The van der Waals surface area contributed by atoms with Gasteiger partial charge in [0.1, 0.15) is 4.90 Å². The van der Waals surface area contributed by atoms with E-state index in [0.717, 1.165) is 0 Å². The van der Waals surface area contributed by atoms with Crippen molar-refractivity contribution in [2.75, 3.05) is 3.82 Å². The molecular formula is C12H5Cl6NO2S. The molecule has 0 aliphatic rings. The maximum atomic E-state index is 12.7. The Balaban J connectivity index is 2.71. The van der Waals surface area contributed by atoms with E-state index in [1.807, 2.05) is 0 Å². The van der Waals surface area contributed by atoms with Crippen molar-refractivity contribution in [1.82, 2.24) is 0 Å². The minimum absolute atomic E-state index is 0.141. The maximum Gasteiger partial charge on any atom is 0.281 e. The molecule has 0 aromatic heterocycles. The van der Waals surface area contributed by atoms with Crippen LogP contribution < -0.4 is 3.82 Å². The number of sulfonamides is 1. The summed E-state index contributed by atoms with van der Waals surface area (Å²) in [5.41, 5.74) is 0.193. The van der Waals surface area contributed by atoms with Crippen molar-refractivity contribution in [1.29, 1.82) is 0 Å². The lowest BCUT2D eigenvalue weighted by Crippen LogP contribution is -2.22. The lowest BCUT2D eigenvalue weighted by atomic mass is 10.3. The highest BCUT2D eigenvalue weighted by Crippen LogP contribution is 2.47. The molecule has 0 radical (unpaired) electrons. The average molecular weight is 440 g/mol. The molecule has 0 atom stereocenters. The second-order valence-corrected chi connectivity index (χ2v) is 8.11. The average Bonchev–Trinajstić information content (AvgIpc) is 2.51. The standard InChI is InChI=1S/C12H5Cl6NO2S/c13-7-8(14)10(16)12(11(17)9(7)15)22(20,21)19(18)6-4-2-1-3-5-6/h1-5H. The largest absolute Gasteiger partial charge is 0.281 e. The van der Waals surface area contributed by atoms with Gasteiger partial charge in [-0.05, 0) is 12.1 Å². The third-order valence-electron chi connectivity index (χ3n) is 2.60. The summed E-state index contributed by atoms with van der Waals surface area (Å²) in [7, 11) is -4.31. The first-order valence-corrected chi connectivity index (χ1v) is 9.14. The van der Waals surface area contributed by atoms with E-state index >= 15 is 0 Å². The molecule has 2 rings (SSSR count). The zero-order valence-corrected chi connectivity index (χ0v) is 15.7. The van der Waals surface area contributed by atoms with Crippen molar-refractivity contribution < 1.29 is 8.42 Å². The lowest BCUT2D eigenvalue weighted by molar-refractivity contribution is 0.598. The Kier molecular flexibility index (Phi) is 5.66. The van der Waals surface area contributed by atoms with E-state index in [-0.39, 0.29) is 30.8 Å². The Morgan fingerprint density at radius 1 is 0.727 bits per heavy atom. The first-order valence-electron chi connectivity index (χ1n) is 5.47. The summed E-state index contributed by atoms with van der Waals surface area (Å²) in [4.78, 5) is -0.519. The van der Waals surface area contributed by atoms with Crippen LogP contribution in [-0.4, -0.2) is 8.42 Å². The van der Waals surface area contributed by atoms with Crippen LogP contribution >= 0.6 is 69.8 Å². The number of rotatable bonds is 3. The summed E-state index contributed by atoms with van der Waals surface area (Å²) >= 11 is 35.5. The summed E-state index contributed by atoms with van der Waals surface area (Å²) in [6.45, 7) is 0. The minimum atomic E-state index is -4.31. The van der Waals surface area contributed by atoms with Crippen molar-refractivity contribution in [2.24, 2.45) is 0 Å². The van der Waals surface area contributed by atoms with Gasteiger partial charge in [-0.2, -0.15) is 12.2 Å². The Hall–Kier alpha value is -0.0700. The van der Waals surface area contributed by atoms with Crippen LogP contribution in [-0.2, 0) is 10.0 Å². The first-order chi connectivity index (χ1) is 10.2. The molecule has 2 aromatic carbocycles. The third-order valence-corrected chi connectivity index (χ3v) is 7.40. The number of benzene rings is 2. The quantitative estimate of drug-likeness (QED) is 0.319. The highest BCUT2D eigenvalue weighted by Gasteiger charge is 2.33. The van der Waals surface area contributed by atoms with Gasteiger partial charge in [-0.15, -0.1) is 0 Å². The van der Waals surface area contributed by atoms with Gasteiger partial charge in [0.15, 0.2) is 0 Å². The predicted molar refractivity (Wildman–Crippen MR) is 93.5 cm³/mol. The zero-order chi connectivity index (χ0) is 16.7. The summed E-state index contributed by atoms with van der Waals surface area (Å²) in [6.07, 6.45) is 0. The molecule has 0 heterocycles. The Bertz CT molecular complexity index is 796. The van der Waals surface area contributed by atoms with Crippen LogP contribution in [0.3, 0.4) is 0 Å². The fourth-order valence-electron chi connectivity index (χ4n) is 1.58. The molecule has 0 bridgehead atoms. The maximum absolute atomic E-state index is 12.7. The summed E-state index contributed by atoms with van der Waals surface area (Å²) in [5, 5.41) is -1.31. The minimum Gasteiger partial charge on any atom is -0.200 e. The van der Waals surface area contributed by atoms with Gasteiger partial charge in [0.2, 0.25) is 0 Å². The molecule has 3 nitrogen and oxygen atoms in total. The summed E-state index contributed by atoms with van der Waals surface area (Å²) in [5.74, 6) is 0. The van der Waals surface area contributed by atoms with Gasteiger partial charge in [-0.25, -0.2) is 0 Å². The molecule has 22 heavy (non-hydrogen) atoms. The number of para-hydroxylation sites is 1. The predicted octanol–water partition coefficient (Wildman–Crippen LogP) is 6.30. The van der Waals surface area contributed by atoms with E-state index in [2.05, 4.69) is 0 Å². The molecule has 10 heteroatoms. The number of anilines is 1. The van der Waals surface area contributed by atoms with Gasteiger partial charge in [-0.1, -0.05) is 76.2 Å². The van der Waals surface area contributed by atoms with Crippen LogP contribution in [0.4, 0.5) is 5.69 Å². The van der Waals surface area contributed by atoms with Crippen molar-refractivity contribution >= 4 is 85.5 Å². The molecule has 2 aromatic rings. The molecule has 0 aliphatic heterocycles. The molecular weight excluding hydrogens is 435 g/mol. The van der Waals surface area contributed by atoms with Crippen LogP contribution in [0.1, 0.15) is 0 Å². The van der Waals surface area contributed by atoms with Crippen molar-refractivity contribution in [2.45, 2.75) is 4.90 Å². The number of hydrogen-bond acceptors (Lipinski definition) is 2. The van der Waals surface area contributed by atoms with E-state index in [4.69, 9.17) is 69.8 Å². The monoisotopic (exact) mass is 437 g/mol. The molecule has 0 amide bonds. The van der Waals surface area contributed by atoms with E-state index in [9.17, 15) is 8.42 Å². The Morgan fingerprint density at radius 3 is 1.59 bits per heavy atom. The van der Waals surface area contributed by atoms with Gasteiger partial charge in [0.25, 0.3) is 10.0 Å². The van der Waals surface area contributed by atoms with Crippen molar-refractivity contribution in [3.8, 4) is 0 Å². The van der Waals surface area contributed by atoms with Crippen LogP contribution in [0.25, 0.3) is 0 Å². The number of hydrogen-bond donors (Lipinski definition) is 0. The zero-order valence-electron chi connectivity index (χ0n) is 10.3. The molecule has 118 valence electrons. The Morgan fingerprint density at radius 2 is 1.14 bits per heavy atom. The molecule has 0 aliphatic carbocycles. The molecule has 0 N–H and O–H groups in total. The van der Waals surface area contributed by atoms with E-state index < -0.39 is 14.9 Å². The van der Waals surface area contributed by atoms with Gasteiger partial charge >= 0.3 is 0 Å². The smallest absolute Gasteiger partial charge is 0.200 e. The van der Waals surface area contributed by atoms with E-state index in [0.29, 0.717) is 3.82 Å². The first kappa shape index (κ1) is 18.3. The second-order valence-electron chi connectivity index (χ2n) is 3.95. The Labute approximate surface area is 157 Å². The lowest BCUT2D eigenvalue weighted by Gasteiger charge is -2.19. The van der Waals surface area contributed by atoms with E-state index in [1.165, 1.54) is 12.1 Å². The summed E-state index contributed by atoms with van der Waals surface area (Å²) in [6, 6.07) is 7.92. The van der Waals surface area contributed by atoms with Gasteiger partial charge in [0.05, 0.1) is 30.8 Å². The molecule has 0 spiro atoms. The fraction of sp³-hybridized carbons (Fsp3) is 0. The molecule has 0 fully saturated rings. The van der Waals surface area contributed by atoms with Gasteiger partial charge in [-0.3, -0.25) is 0 Å². The third kappa shape index (κ3) is 3.11. The highest BCUT2D eigenvalue weighted by molar-refractivity contribution is 7.94. The normalized spacial score (nSPS) is 11.5. The number of nitrogens with zero attached hydrogens (tertiary/aromatic N) is 1. The van der Waals surface area contributed by atoms with Crippen LogP contribution in [0, 0.1) is 0 Å². The topological polar surface area (TPSA) is 37.4 Å².